The molecule has 3 aromatic heterocycles. The minimum atomic E-state index is -0.193. The lowest BCUT2D eigenvalue weighted by molar-refractivity contribution is 0.103. The zero-order chi connectivity index (χ0) is 29.8. The van der Waals surface area contributed by atoms with E-state index in [1.807, 2.05) is 31.2 Å². The summed E-state index contributed by atoms with van der Waals surface area (Å²) in [6, 6.07) is 11.6. The number of aryl methyl sites for hydroxylation is 2. The van der Waals surface area contributed by atoms with Crippen LogP contribution in [0.25, 0.3) is 11.1 Å². The molecule has 7 rings (SSSR count). The number of benzene rings is 1. The highest BCUT2D eigenvalue weighted by Crippen LogP contribution is 2.56. The van der Waals surface area contributed by atoms with Crippen molar-refractivity contribution in [3.05, 3.63) is 84.5 Å². The van der Waals surface area contributed by atoms with E-state index >= 15 is 0 Å². The second kappa shape index (κ2) is 11.2. The molecule has 4 heterocycles. The first-order valence-corrected chi connectivity index (χ1v) is 16.2. The SMILES string of the molecule is Cc1ccc(-c2cc(Nc3ccc(C4CCN(C)CC4)nn3)c(=O)n(C)c2)c(Cl)c1NC(=O)c1cc2c(s1)C1CCC2C1. The lowest BCUT2D eigenvalue weighted by Crippen LogP contribution is -2.29. The molecule has 4 aromatic rings. The quantitative estimate of drug-likeness (QED) is 0.242. The van der Waals surface area contributed by atoms with Gasteiger partial charge in [-0.05, 0) is 106 Å². The number of fused-ring (bicyclic) bond motifs is 5. The molecule has 8 nitrogen and oxygen atoms in total. The number of thiophene rings is 1. The van der Waals surface area contributed by atoms with E-state index in [4.69, 9.17) is 11.6 Å². The molecule has 1 amide bonds. The number of likely N-dealkylation sites (tertiary alicyclic amines) is 1. The van der Waals surface area contributed by atoms with Gasteiger partial charge in [0.2, 0.25) is 0 Å². The van der Waals surface area contributed by atoms with E-state index in [0.717, 1.165) is 53.2 Å². The monoisotopic (exact) mass is 614 g/mol. The molecule has 3 aliphatic rings. The van der Waals surface area contributed by atoms with Crippen LogP contribution in [0.1, 0.15) is 81.2 Å². The normalized spacial score (nSPS) is 19.9. The lowest BCUT2D eigenvalue weighted by Gasteiger charge is -2.28. The number of pyridine rings is 1. The fourth-order valence-electron chi connectivity index (χ4n) is 6.91. The first-order valence-electron chi connectivity index (χ1n) is 15.0. The van der Waals surface area contributed by atoms with E-state index in [9.17, 15) is 9.59 Å². The molecule has 10 heteroatoms. The summed E-state index contributed by atoms with van der Waals surface area (Å²) in [6.45, 7) is 4.04. The lowest BCUT2D eigenvalue weighted by atomic mass is 9.94. The zero-order valence-electron chi connectivity index (χ0n) is 24.6. The number of hydrogen-bond donors (Lipinski definition) is 2. The summed E-state index contributed by atoms with van der Waals surface area (Å²) in [5.41, 5.74) is 5.45. The number of hydrogen-bond acceptors (Lipinski definition) is 7. The van der Waals surface area contributed by atoms with Gasteiger partial charge < -0.3 is 20.1 Å². The second-order valence-corrected chi connectivity index (χ2v) is 13.8. The summed E-state index contributed by atoms with van der Waals surface area (Å²) in [5, 5.41) is 15.5. The standard InChI is InChI=1S/C33H35ClN6O2S/c1-18-4-7-23(29(34)30(18)36-32(41)27-16-24-20-5-6-21(14-20)31(24)43-27)22-15-26(33(42)40(3)17-22)35-28-9-8-25(37-38-28)19-10-12-39(2)13-11-19/h4,7-9,15-17,19-21H,5-6,10-14H2,1-3H3,(H,35,38)(H,36,41). The van der Waals surface area contributed by atoms with Gasteiger partial charge in [0.1, 0.15) is 5.69 Å². The number of piperidine rings is 1. The van der Waals surface area contributed by atoms with Crippen molar-refractivity contribution in [1.29, 1.82) is 0 Å². The Kier molecular flexibility index (Phi) is 7.35. The highest BCUT2D eigenvalue weighted by atomic mass is 35.5. The van der Waals surface area contributed by atoms with Crippen LogP contribution in [0.3, 0.4) is 0 Å². The smallest absolute Gasteiger partial charge is 0.274 e. The molecule has 1 aromatic carbocycles. The molecular formula is C33H35ClN6O2S. The summed E-state index contributed by atoms with van der Waals surface area (Å²) < 4.78 is 1.52. The Morgan fingerprint density at radius 3 is 2.53 bits per heavy atom. The molecule has 0 spiro atoms. The number of amides is 1. The van der Waals surface area contributed by atoms with Gasteiger partial charge in [-0.1, -0.05) is 23.7 Å². The van der Waals surface area contributed by atoms with Crippen LogP contribution < -0.4 is 16.2 Å². The van der Waals surface area contributed by atoms with Crippen LogP contribution in [0.5, 0.6) is 0 Å². The second-order valence-electron chi connectivity index (χ2n) is 12.3. The van der Waals surface area contributed by atoms with Gasteiger partial charge in [-0.25, -0.2) is 0 Å². The Balaban J connectivity index is 1.13. The number of aromatic nitrogens is 3. The summed E-state index contributed by atoms with van der Waals surface area (Å²) in [7, 11) is 3.85. The number of nitrogens with zero attached hydrogens (tertiary/aromatic N) is 4. The van der Waals surface area contributed by atoms with E-state index in [2.05, 4.69) is 38.8 Å². The third-order valence-corrected chi connectivity index (χ3v) is 11.1. The van der Waals surface area contributed by atoms with E-state index in [1.54, 1.807) is 30.6 Å². The maximum Gasteiger partial charge on any atom is 0.274 e. The van der Waals surface area contributed by atoms with E-state index in [0.29, 0.717) is 40.0 Å². The maximum atomic E-state index is 13.4. The minimum absolute atomic E-state index is 0.133. The van der Waals surface area contributed by atoms with Crippen LogP contribution >= 0.6 is 22.9 Å². The van der Waals surface area contributed by atoms with Crippen molar-refractivity contribution in [3.8, 4) is 11.1 Å². The molecule has 1 aliphatic heterocycles. The molecule has 2 aliphatic carbocycles. The van der Waals surface area contributed by atoms with Gasteiger partial charge in [0, 0.05) is 35.2 Å². The number of carbonyl (C=O) groups excluding carboxylic acids is 1. The average molecular weight is 615 g/mol. The Labute approximate surface area is 260 Å². The molecule has 1 saturated carbocycles. The molecule has 2 N–H and O–H groups in total. The molecule has 0 radical (unpaired) electrons. The van der Waals surface area contributed by atoms with Gasteiger partial charge in [0.15, 0.2) is 5.82 Å². The third-order valence-electron chi connectivity index (χ3n) is 9.43. The van der Waals surface area contributed by atoms with Crippen LogP contribution in [-0.4, -0.2) is 45.7 Å². The molecule has 2 atom stereocenters. The molecule has 43 heavy (non-hydrogen) atoms. The van der Waals surface area contributed by atoms with Gasteiger partial charge >= 0.3 is 0 Å². The highest BCUT2D eigenvalue weighted by Gasteiger charge is 2.39. The molecular weight excluding hydrogens is 580 g/mol. The third kappa shape index (κ3) is 5.28. The summed E-state index contributed by atoms with van der Waals surface area (Å²) in [6.07, 6.45) is 7.59. The number of nitrogens with one attached hydrogen (secondary N) is 2. The van der Waals surface area contributed by atoms with Crippen molar-refractivity contribution in [2.45, 2.75) is 56.8 Å². The predicted octanol–water partition coefficient (Wildman–Crippen LogP) is 7.04. The molecule has 2 bridgehead atoms. The number of carbonyl (C=O) groups is 1. The van der Waals surface area contributed by atoms with Crippen LogP contribution in [0.2, 0.25) is 5.02 Å². The van der Waals surface area contributed by atoms with Crippen LogP contribution in [-0.2, 0) is 7.05 Å². The Morgan fingerprint density at radius 1 is 1.00 bits per heavy atom. The topological polar surface area (TPSA) is 92.2 Å². The largest absolute Gasteiger partial charge is 0.334 e. The van der Waals surface area contributed by atoms with Crippen molar-refractivity contribution in [3.63, 3.8) is 0 Å². The van der Waals surface area contributed by atoms with Gasteiger partial charge in [-0.2, -0.15) is 5.10 Å². The Bertz CT molecular complexity index is 1750. The molecule has 222 valence electrons. The van der Waals surface area contributed by atoms with Gasteiger partial charge in [-0.15, -0.1) is 16.4 Å². The number of rotatable bonds is 6. The maximum absolute atomic E-state index is 13.4. The molecule has 2 fully saturated rings. The number of halogens is 1. The van der Waals surface area contributed by atoms with Crippen LogP contribution in [0, 0.1) is 6.92 Å². The van der Waals surface area contributed by atoms with Crippen molar-refractivity contribution < 1.29 is 4.79 Å². The summed E-state index contributed by atoms with van der Waals surface area (Å²) in [4.78, 5) is 30.9. The van der Waals surface area contributed by atoms with Crippen LogP contribution in [0.15, 0.2) is 47.4 Å². The fraction of sp³-hybridized carbons (Fsp3) is 0.394. The Hall–Kier alpha value is -3.53. The average Bonchev–Trinajstić information content (AvgIpc) is 3.73. The molecule has 1 saturated heterocycles. The van der Waals surface area contributed by atoms with E-state index in [1.165, 1.54) is 34.3 Å². The summed E-state index contributed by atoms with van der Waals surface area (Å²) in [5.74, 6) is 2.01. The highest BCUT2D eigenvalue weighted by molar-refractivity contribution is 7.14. The summed E-state index contributed by atoms with van der Waals surface area (Å²) >= 11 is 8.60. The molecule has 2 unspecified atom stereocenters. The van der Waals surface area contributed by atoms with Crippen molar-refractivity contribution in [2.75, 3.05) is 30.8 Å². The van der Waals surface area contributed by atoms with Gasteiger partial charge in [-0.3, -0.25) is 9.59 Å². The Morgan fingerprint density at radius 2 is 1.79 bits per heavy atom. The van der Waals surface area contributed by atoms with Crippen molar-refractivity contribution in [1.82, 2.24) is 19.7 Å². The zero-order valence-corrected chi connectivity index (χ0v) is 26.2. The predicted molar refractivity (Wildman–Crippen MR) is 173 cm³/mol. The fourth-order valence-corrected chi connectivity index (χ4v) is 8.57. The van der Waals surface area contributed by atoms with E-state index < -0.39 is 0 Å². The van der Waals surface area contributed by atoms with Crippen LogP contribution in [0.4, 0.5) is 17.2 Å². The first kappa shape index (κ1) is 28.3. The first-order chi connectivity index (χ1) is 20.7. The van der Waals surface area contributed by atoms with Gasteiger partial charge in [0.05, 0.1) is 21.3 Å². The minimum Gasteiger partial charge on any atom is -0.334 e. The van der Waals surface area contributed by atoms with E-state index in [-0.39, 0.29) is 11.5 Å². The van der Waals surface area contributed by atoms with Gasteiger partial charge in [0.25, 0.3) is 11.5 Å². The van der Waals surface area contributed by atoms with Crippen molar-refractivity contribution >= 4 is 46.0 Å². The number of anilines is 3. The van der Waals surface area contributed by atoms with Crippen molar-refractivity contribution in [2.24, 2.45) is 7.05 Å².